The Balaban J connectivity index is 0.00000242. The van der Waals surface area contributed by atoms with E-state index in [9.17, 15) is 5.11 Å². The fourth-order valence-electron chi connectivity index (χ4n) is 2.38. The van der Waals surface area contributed by atoms with Gasteiger partial charge in [-0.25, -0.2) is 4.99 Å². The molecule has 3 N–H and O–H groups in total. The van der Waals surface area contributed by atoms with Gasteiger partial charge in [0, 0.05) is 23.2 Å². The molecule has 126 valence electrons. The SMILES string of the molecule is CCNC(=NCc1cccs1)NCC1(O)CCC1SCC.I. The van der Waals surface area contributed by atoms with Crippen LogP contribution in [0.1, 0.15) is 31.6 Å². The van der Waals surface area contributed by atoms with Gasteiger partial charge in [-0.1, -0.05) is 13.0 Å². The van der Waals surface area contributed by atoms with Crippen molar-refractivity contribution in [2.45, 2.75) is 44.1 Å². The second-order valence-electron chi connectivity index (χ2n) is 5.21. The Hall–Kier alpha value is 0.01000. The standard InChI is InChI=1S/C15H25N3OS2.HI/c1-3-16-14(17-10-12-6-5-9-21-12)18-11-15(19)8-7-13(15)20-4-2;/h5-6,9,13,19H,3-4,7-8,10-11H2,1-2H3,(H2,16,17,18);1H. The van der Waals surface area contributed by atoms with Crippen LogP contribution in [-0.2, 0) is 6.54 Å². The molecular weight excluding hydrogens is 429 g/mol. The van der Waals surface area contributed by atoms with Crippen molar-refractivity contribution >= 4 is 53.0 Å². The number of thioether (sulfide) groups is 1. The lowest BCUT2D eigenvalue weighted by molar-refractivity contribution is -0.0198. The van der Waals surface area contributed by atoms with Crippen molar-refractivity contribution < 1.29 is 5.11 Å². The normalized spacial score (nSPS) is 24.3. The maximum absolute atomic E-state index is 10.6. The van der Waals surface area contributed by atoms with Crippen molar-refractivity contribution in [3.05, 3.63) is 22.4 Å². The van der Waals surface area contributed by atoms with Crippen LogP contribution >= 0.6 is 47.1 Å². The third kappa shape index (κ3) is 5.58. The smallest absolute Gasteiger partial charge is 0.191 e. The third-order valence-corrected chi connectivity index (χ3v) is 5.96. The van der Waals surface area contributed by atoms with E-state index in [-0.39, 0.29) is 24.0 Å². The van der Waals surface area contributed by atoms with Crippen LogP contribution in [0, 0.1) is 0 Å². The Morgan fingerprint density at radius 2 is 2.32 bits per heavy atom. The Morgan fingerprint density at radius 3 is 2.86 bits per heavy atom. The highest BCUT2D eigenvalue weighted by Crippen LogP contribution is 2.40. The summed E-state index contributed by atoms with van der Waals surface area (Å²) in [4.78, 5) is 5.82. The third-order valence-electron chi connectivity index (χ3n) is 3.69. The number of aliphatic hydroxyl groups is 1. The lowest BCUT2D eigenvalue weighted by atomic mass is 9.79. The molecule has 0 spiro atoms. The van der Waals surface area contributed by atoms with Crippen LogP contribution < -0.4 is 10.6 Å². The van der Waals surface area contributed by atoms with Crippen LogP contribution in [0.15, 0.2) is 22.5 Å². The largest absolute Gasteiger partial charge is 0.387 e. The molecule has 22 heavy (non-hydrogen) atoms. The topological polar surface area (TPSA) is 56.7 Å². The van der Waals surface area contributed by atoms with E-state index in [0.717, 1.165) is 31.1 Å². The zero-order valence-corrected chi connectivity index (χ0v) is 17.1. The molecule has 7 heteroatoms. The molecule has 4 nitrogen and oxygen atoms in total. The zero-order valence-electron chi connectivity index (χ0n) is 13.2. The van der Waals surface area contributed by atoms with E-state index in [1.54, 1.807) is 11.3 Å². The Morgan fingerprint density at radius 1 is 1.50 bits per heavy atom. The van der Waals surface area contributed by atoms with E-state index in [1.165, 1.54) is 4.88 Å². The van der Waals surface area contributed by atoms with Gasteiger partial charge >= 0.3 is 0 Å². The zero-order chi connectivity index (χ0) is 15.1. The van der Waals surface area contributed by atoms with Gasteiger partial charge in [0.05, 0.1) is 12.1 Å². The minimum absolute atomic E-state index is 0. The summed E-state index contributed by atoms with van der Waals surface area (Å²) in [5.41, 5.74) is -0.584. The number of aliphatic imine (C=N–C) groups is 1. The number of nitrogens with zero attached hydrogens (tertiary/aromatic N) is 1. The highest BCUT2D eigenvalue weighted by atomic mass is 127. The average Bonchev–Trinajstić information content (AvgIpc) is 2.99. The lowest BCUT2D eigenvalue weighted by Gasteiger charge is -2.45. The van der Waals surface area contributed by atoms with E-state index >= 15 is 0 Å². The van der Waals surface area contributed by atoms with Gasteiger partial charge in [0.1, 0.15) is 0 Å². The summed E-state index contributed by atoms with van der Waals surface area (Å²) in [6.07, 6.45) is 1.99. The maximum Gasteiger partial charge on any atom is 0.191 e. The molecule has 2 atom stereocenters. The molecule has 0 bridgehead atoms. The van der Waals surface area contributed by atoms with Crippen LogP contribution in [0.3, 0.4) is 0 Å². The van der Waals surface area contributed by atoms with Crippen LogP contribution in [0.2, 0.25) is 0 Å². The molecule has 0 saturated heterocycles. The monoisotopic (exact) mass is 455 g/mol. The first-order chi connectivity index (χ1) is 10.2. The predicted molar refractivity (Wildman–Crippen MR) is 109 cm³/mol. The number of nitrogens with one attached hydrogen (secondary N) is 2. The van der Waals surface area contributed by atoms with Crippen molar-refractivity contribution in [2.75, 3.05) is 18.8 Å². The van der Waals surface area contributed by atoms with Gasteiger partial charge in [0.25, 0.3) is 0 Å². The Kier molecular flexibility index (Phi) is 9.11. The molecule has 1 aliphatic carbocycles. The highest BCUT2D eigenvalue weighted by molar-refractivity contribution is 14.0. The first-order valence-electron chi connectivity index (χ1n) is 7.56. The molecule has 1 fully saturated rings. The molecule has 1 heterocycles. The van der Waals surface area contributed by atoms with Crippen LogP contribution in [0.5, 0.6) is 0 Å². The van der Waals surface area contributed by atoms with Gasteiger partial charge in [-0.2, -0.15) is 11.8 Å². The van der Waals surface area contributed by atoms with Crippen LogP contribution in [-0.4, -0.2) is 40.8 Å². The summed E-state index contributed by atoms with van der Waals surface area (Å²) in [6.45, 7) is 6.26. The number of halogens is 1. The van der Waals surface area contributed by atoms with E-state index in [0.29, 0.717) is 18.3 Å². The molecule has 1 aliphatic rings. The Bertz CT molecular complexity index is 456. The molecule has 0 aliphatic heterocycles. The summed E-state index contributed by atoms with van der Waals surface area (Å²) in [5.74, 6) is 1.84. The lowest BCUT2D eigenvalue weighted by Crippen LogP contribution is -2.58. The Labute approximate surface area is 158 Å². The highest BCUT2D eigenvalue weighted by Gasteiger charge is 2.45. The summed E-state index contributed by atoms with van der Waals surface area (Å²) in [5, 5.41) is 19.6. The fraction of sp³-hybridized carbons (Fsp3) is 0.667. The minimum Gasteiger partial charge on any atom is -0.387 e. The van der Waals surface area contributed by atoms with E-state index in [2.05, 4.69) is 40.9 Å². The van der Waals surface area contributed by atoms with Crippen molar-refractivity contribution in [2.24, 2.45) is 4.99 Å². The quantitative estimate of drug-likeness (QED) is 0.336. The summed E-state index contributed by atoms with van der Waals surface area (Å²) >= 11 is 3.57. The average molecular weight is 455 g/mol. The van der Waals surface area contributed by atoms with E-state index < -0.39 is 5.60 Å². The van der Waals surface area contributed by atoms with Crippen molar-refractivity contribution in [3.63, 3.8) is 0 Å². The maximum atomic E-state index is 10.6. The number of thiophene rings is 1. The van der Waals surface area contributed by atoms with Gasteiger partial charge in [0.2, 0.25) is 0 Å². The number of rotatable bonds is 7. The van der Waals surface area contributed by atoms with Crippen LogP contribution in [0.25, 0.3) is 0 Å². The fourth-order valence-corrected chi connectivity index (χ4v) is 4.20. The molecule has 1 aromatic rings. The van der Waals surface area contributed by atoms with Crippen molar-refractivity contribution in [1.29, 1.82) is 0 Å². The molecule has 2 unspecified atom stereocenters. The van der Waals surface area contributed by atoms with E-state index in [1.807, 2.05) is 17.8 Å². The predicted octanol–water partition coefficient (Wildman–Crippen LogP) is 3.07. The second kappa shape index (κ2) is 10.00. The summed E-state index contributed by atoms with van der Waals surface area (Å²) < 4.78 is 0. The summed E-state index contributed by atoms with van der Waals surface area (Å²) in [6, 6.07) is 4.13. The van der Waals surface area contributed by atoms with Crippen molar-refractivity contribution in [3.8, 4) is 0 Å². The summed E-state index contributed by atoms with van der Waals surface area (Å²) in [7, 11) is 0. The van der Waals surface area contributed by atoms with E-state index in [4.69, 9.17) is 0 Å². The molecule has 1 saturated carbocycles. The number of guanidine groups is 1. The number of hydrogen-bond acceptors (Lipinski definition) is 4. The molecular formula is C15H26IN3OS2. The van der Waals surface area contributed by atoms with Crippen molar-refractivity contribution in [1.82, 2.24) is 10.6 Å². The van der Waals surface area contributed by atoms with Gasteiger partial charge in [-0.15, -0.1) is 35.3 Å². The van der Waals surface area contributed by atoms with Gasteiger partial charge in [0.15, 0.2) is 5.96 Å². The molecule has 1 aromatic heterocycles. The van der Waals surface area contributed by atoms with Gasteiger partial charge < -0.3 is 15.7 Å². The molecule has 0 radical (unpaired) electrons. The first-order valence-corrected chi connectivity index (χ1v) is 9.49. The second-order valence-corrected chi connectivity index (χ2v) is 7.73. The first kappa shape index (κ1) is 20.1. The molecule has 0 amide bonds. The van der Waals surface area contributed by atoms with Gasteiger partial charge in [-0.05, 0) is 37.0 Å². The van der Waals surface area contributed by atoms with Gasteiger partial charge in [-0.3, -0.25) is 0 Å². The van der Waals surface area contributed by atoms with Crippen LogP contribution in [0.4, 0.5) is 0 Å². The minimum atomic E-state index is -0.584. The number of hydrogen-bond donors (Lipinski definition) is 3. The molecule has 2 rings (SSSR count). The molecule has 0 aromatic carbocycles.